The van der Waals surface area contributed by atoms with Crippen LogP contribution in [0.15, 0.2) is 54.9 Å². The molecule has 132 valence electrons. The Morgan fingerprint density at radius 2 is 1.42 bits per heavy atom. The highest BCUT2D eigenvalue weighted by Crippen LogP contribution is 2.14. The maximum atomic E-state index is 12.1. The number of nitrogens with zero attached hydrogens (tertiary/aromatic N) is 4. The van der Waals surface area contributed by atoms with Crippen molar-refractivity contribution in [2.24, 2.45) is 0 Å². The Labute approximate surface area is 150 Å². The number of rotatable bonds is 4. The minimum Gasteiger partial charge on any atom is -0.267 e. The molecule has 2 aromatic carbocycles. The van der Waals surface area contributed by atoms with Crippen molar-refractivity contribution in [1.82, 2.24) is 31.1 Å². The molecule has 8 heteroatoms. The van der Waals surface area contributed by atoms with Gasteiger partial charge in [-0.05, 0) is 58.3 Å². The zero-order chi connectivity index (χ0) is 18.5. The third-order valence-corrected chi connectivity index (χ3v) is 3.87. The van der Waals surface area contributed by atoms with Crippen molar-refractivity contribution >= 4 is 11.8 Å². The molecule has 3 rings (SSSR count). The normalized spacial score (nSPS) is 10.6. The number of benzene rings is 2. The number of hydrazine groups is 1. The molecule has 0 unspecified atom stereocenters. The first-order valence-corrected chi connectivity index (χ1v) is 8.08. The van der Waals surface area contributed by atoms with E-state index < -0.39 is 5.91 Å². The predicted octanol–water partition coefficient (Wildman–Crippen LogP) is 1.86. The molecule has 0 saturated heterocycles. The lowest BCUT2D eigenvalue weighted by molar-refractivity contribution is 0.0846. The highest BCUT2D eigenvalue weighted by molar-refractivity contribution is 5.99. The fourth-order valence-electron chi connectivity index (χ4n) is 2.32. The second kappa shape index (κ2) is 7.56. The van der Waals surface area contributed by atoms with Gasteiger partial charge in [0.05, 0.1) is 5.69 Å². The van der Waals surface area contributed by atoms with Crippen LogP contribution in [-0.4, -0.2) is 32.0 Å². The first-order valence-electron chi connectivity index (χ1n) is 8.08. The third-order valence-electron chi connectivity index (χ3n) is 3.87. The van der Waals surface area contributed by atoms with E-state index >= 15 is 0 Å². The van der Waals surface area contributed by atoms with Crippen molar-refractivity contribution in [2.75, 3.05) is 0 Å². The van der Waals surface area contributed by atoms with Crippen LogP contribution in [0.3, 0.4) is 0 Å². The van der Waals surface area contributed by atoms with Crippen LogP contribution < -0.4 is 10.9 Å². The molecule has 0 atom stereocenters. The van der Waals surface area contributed by atoms with E-state index in [2.05, 4.69) is 40.2 Å². The Morgan fingerprint density at radius 1 is 0.885 bits per heavy atom. The molecule has 0 aliphatic rings. The smallest absolute Gasteiger partial charge is 0.267 e. The van der Waals surface area contributed by atoms with Crippen LogP contribution in [0.2, 0.25) is 0 Å². The van der Waals surface area contributed by atoms with Crippen molar-refractivity contribution in [3.8, 4) is 5.69 Å². The van der Waals surface area contributed by atoms with Crippen molar-refractivity contribution < 1.29 is 9.59 Å². The van der Waals surface area contributed by atoms with Crippen LogP contribution in [-0.2, 0) is 0 Å². The molecule has 1 aromatic heterocycles. The van der Waals surface area contributed by atoms with Gasteiger partial charge in [-0.2, -0.15) is 0 Å². The summed E-state index contributed by atoms with van der Waals surface area (Å²) in [7, 11) is 0. The van der Waals surface area contributed by atoms with Gasteiger partial charge in [0.25, 0.3) is 11.8 Å². The maximum Gasteiger partial charge on any atom is 0.269 e. The van der Waals surface area contributed by atoms with E-state index in [1.807, 2.05) is 12.1 Å². The van der Waals surface area contributed by atoms with Crippen LogP contribution >= 0.6 is 0 Å². The topological polar surface area (TPSA) is 102 Å². The second-order valence-electron chi connectivity index (χ2n) is 5.99. The average Bonchev–Trinajstić information content (AvgIpc) is 3.21. The Balaban J connectivity index is 1.58. The van der Waals surface area contributed by atoms with E-state index in [1.54, 1.807) is 36.4 Å². The molecular weight excluding hydrogens is 332 g/mol. The van der Waals surface area contributed by atoms with Gasteiger partial charge in [-0.25, -0.2) is 4.68 Å². The molecule has 2 N–H and O–H groups in total. The number of hydrogen-bond acceptors (Lipinski definition) is 5. The van der Waals surface area contributed by atoms with Crippen molar-refractivity contribution in [3.05, 3.63) is 71.5 Å². The Hall–Kier alpha value is -3.55. The highest BCUT2D eigenvalue weighted by atomic mass is 16.2. The lowest BCUT2D eigenvalue weighted by Crippen LogP contribution is -2.41. The number of hydrogen-bond donors (Lipinski definition) is 2. The molecule has 1 heterocycles. The monoisotopic (exact) mass is 350 g/mol. The first kappa shape index (κ1) is 17.3. The minimum absolute atomic E-state index is 0.376. The summed E-state index contributed by atoms with van der Waals surface area (Å²) in [5, 5.41) is 10.9. The fourth-order valence-corrected chi connectivity index (χ4v) is 2.32. The number of tetrazole rings is 1. The summed E-state index contributed by atoms with van der Waals surface area (Å²) in [6.45, 7) is 4.17. The van der Waals surface area contributed by atoms with Gasteiger partial charge < -0.3 is 0 Å². The number of nitrogens with one attached hydrogen (secondary N) is 2. The molecule has 0 aliphatic heterocycles. The van der Waals surface area contributed by atoms with E-state index in [9.17, 15) is 9.59 Å². The van der Waals surface area contributed by atoms with Crippen LogP contribution in [0.5, 0.6) is 0 Å². The fraction of sp³-hybridized carbons (Fsp3) is 0.167. The largest absolute Gasteiger partial charge is 0.269 e. The first-order chi connectivity index (χ1) is 12.5. The lowest BCUT2D eigenvalue weighted by atomic mass is 10.0. The molecule has 0 bridgehead atoms. The summed E-state index contributed by atoms with van der Waals surface area (Å²) < 4.78 is 1.48. The molecule has 0 spiro atoms. The summed E-state index contributed by atoms with van der Waals surface area (Å²) in [5.41, 5.74) is 7.56. The van der Waals surface area contributed by atoms with Gasteiger partial charge in [0, 0.05) is 11.1 Å². The number of amides is 2. The van der Waals surface area contributed by atoms with Crippen LogP contribution in [0.25, 0.3) is 5.69 Å². The van der Waals surface area contributed by atoms with E-state index in [4.69, 9.17) is 0 Å². The lowest BCUT2D eigenvalue weighted by Gasteiger charge is -2.09. The standard InChI is InChI=1S/C18H18N6O2/c1-12(2)13-3-5-14(6-4-13)17(25)20-21-18(26)15-7-9-16(10-8-15)24-11-19-22-23-24/h3-12H,1-2H3,(H,20,25)(H,21,26). The molecule has 26 heavy (non-hydrogen) atoms. The van der Waals surface area contributed by atoms with Crippen LogP contribution in [0.4, 0.5) is 0 Å². The Morgan fingerprint density at radius 3 is 1.88 bits per heavy atom. The molecule has 0 fully saturated rings. The van der Waals surface area contributed by atoms with Gasteiger partial charge in [0.1, 0.15) is 6.33 Å². The van der Waals surface area contributed by atoms with Crippen LogP contribution in [0.1, 0.15) is 46.0 Å². The molecule has 3 aromatic rings. The van der Waals surface area contributed by atoms with E-state index in [0.29, 0.717) is 17.0 Å². The Bertz CT molecular complexity index is 886. The highest BCUT2D eigenvalue weighted by Gasteiger charge is 2.10. The number of carbonyl (C=O) groups excluding carboxylic acids is 2. The zero-order valence-electron chi connectivity index (χ0n) is 14.4. The molecule has 0 aliphatic carbocycles. The molecular formula is C18H18N6O2. The van der Waals surface area contributed by atoms with Gasteiger partial charge in [-0.1, -0.05) is 26.0 Å². The second-order valence-corrected chi connectivity index (χ2v) is 5.99. The number of carbonyl (C=O) groups is 2. The quantitative estimate of drug-likeness (QED) is 0.699. The molecule has 0 saturated carbocycles. The predicted molar refractivity (Wildman–Crippen MR) is 94.6 cm³/mol. The van der Waals surface area contributed by atoms with Crippen molar-refractivity contribution in [1.29, 1.82) is 0 Å². The summed E-state index contributed by atoms with van der Waals surface area (Å²) >= 11 is 0. The Kier molecular flexibility index (Phi) is 5.02. The average molecular weight is 350 g/mol. The van der Waals surface area contributed by atoms with E-state index in [1.165, 1.54) is 11.0 Å². The SMILES string of the molecule is CC(C)c1ccc(C(=O)NNC(=O)c2ccc(-n3cnnn3)cc2)cc1. The van der Waals surface area contributed by atoms with Crippen molar-refractivity contribution in [2.45, 2.75) is 19.8 Å². The molecule has 8 nitrogen and oxygen atoms in total. The van der Waals surface area contributed by atoms with Gasteiger partial charge in [-0.3, -0.25) is 20.4 Å². The van der Waals surface area contributed by atoms with Gasteiger partial charge in [0.15, 0.2) is 0 Å². The van der Waals surface area contributed by atoms with Gasteiger partial charge in [0.2, 0.25) is 0 Å². The van der Waals surface area contributed by atoms with Crippen molar-refractivity contribution in [3.63, 3.8) is 0 Å². The molecule has 0 radical (unpaired) electrons. The molecule has 2 amide bonds. The van der Waals surface area contributed by atoms with E-state index in [0.717, 1.165) is 11.3 Å². The summed E-state index contributed by atoms with van der Waals surface area (Å²) in [4.78, 5) is 24.3. The third kappa shape index (κ3) is 3.92. The minimum atomic E-state index is -0.416. The zero-order valence-corrected chi connectivity index (χ0v) is 14.4. The van der Waals surface area contributed by atoms with Crippen LogP contribution in [0, 0.1) is 0 Å². The summed E-state index contributed by atoms with van der Waals surface area (Å²) in [6.07, 6.45) is 1.46. The van der Waals surface area contributed by atoms with E-state index in [-0.39, 0.29) is 5.91 Å². The summed E-state index contributed by atoms with van der Waals surface area (Å²) in [6, 6.07) is 13.9. The van der Waals surface area contributed by atoms with Gasteiger partial charge >= 0.3 is 0 Å². The maximum absolute atomic E-state index is 12.1. The summed E-state index contributed by atoms with van der Waals surface area (Å²) in [5.74, 6) is -0.400. The number of aromatic nitrogens is 4. The van der Waals surface area contributed by atoms with Gasteiger partial charge in [-0.15, -0.1) is 5.10 Å².